The Morgan fingerprint density at radius 2 is 1.80 bits per heavy atom. The van der Waals surface area contributed by atoms with Crippen molar-refractivity contribution in [3.63, 3.8) is 0 Å². The first-order valence-electron chi connectivity index (χ1n) is 9.38. The van der Waals surface area contributed by atoms with E-state index < -0.39 is 22.0 Å². The Bertz CT molecular complexity index is 1160. The van der Waals surface area contributed by atoms with E-state index >= 15 is 0 Å². The zero-order valence-electron chi connectivity index (χ0n) is 17.3. The lowest BCUT2D eigenvalue weighted by Crippen LogP contribution is -2.47. The fourth-order valence-corrected chi connectivity index (χ4v) is 4.28. The zero-order valence-corrected chi connectivity index (χ0v) is 18.1. The molecular formula is C21H24N4O4S. The van der Waals surface area contributed by atoms with Gasteiger partial charge in [0.25, 0.3) is 0 Å². The van der Waals surface area contributed by atoms with Crippen molar-refractivity contribution in [3.05, 3.63) is 65.5 Å². The van der Waals surface area contributed by atoms with Gasteiger partial charge in [-0.05, 0) is 44.5 Å². The average molecular weight is 429 g/mol. The molecule has 30 heavy (non-hydrogen) atoms. The summed E-state index contributed by atoms with van der Waals surface area (Å²) >= 11 is 0. The Balaban J connectivity index is 1.72. The normalized spacial score (nSPS) is 12.4. The van der Waals surface area contributed by atoms with E-state index in [-0.39, 0.29) is 12.4 Å². The number of benzene rings is 2. The number of carbonyl (C=O) groups is 1. The number of hydrogen-bond acceptors (Lipinski definition) is 6. The molecule has 1 amide bonds. The van der Waals surface area contributed by atoms with Crippen LogP contribution >= 0.6 is 0 Å². The van der Waals surface area contributed by atoms with Crippen LogP contribution in [0.15, 0.2) is 53.1 Å². The van der Waals surface area contributed by atoms with E-state index in [0.29, 0.717) is 11.5 Å². The van der Waals surface area contributed by atoms with Gasteiger partial charge in [-0.25, -0.2) is 8.42 Å². The van der Waals surface area contributed by atoms with Crippen molar-refractivity contribution in [1.29, 1.82) is 0 Å². The monoisotopic (exact) mass is 428 g/mol. The van der Waals surface area contributed by atoms with Gasteiger partial charge in [-0.1, -0.05) is 41.1 Å². The number of carbonyl (C=O) groups excluding carboxylic acids is 1. The first-order chi connectivity index (χ1) is 14.1. The summed E-state index contributed by atoms with van der Waals surface area (Å²) in [6.07, 6.45) is 1.07. The summed E-state index contributed by atoms with van der Waals surface area (Å²) in [7, 11) is -3.68. The number of sulfonamides is 1. The summed E-state index contributed by atoms with van der Waals surface area (Å²) in [4.78, 5) is 17.0. The smallest absolute Gasteiger partial charge is 0.246 e. The number of nitrogens with one attached hydrogen (secondary N) is 1. The minimum atomic E-state index is -3.68. The predicted molar refractivity (Wildman–Crippen MR) is 114 cm³/mol. The van der Waals surface area contributed by atoms with Gasteiger partial charge in [0.05, 0.1) is 18.5 Å². The van der Waals surface area contributed by atoms with Crippen LogP contribution in [0, 0.1) is 13.8 Å². The highest BCUT2D eigenvalue weighted by molar-refractivity contribution is 7.92. The number of hydrogen-bond donors (Lipinski definition) is 1. The molecule has 1 atom stereocenters. The van der Waals surface area contributed by atoms with Gasteiger partial charge < -0.3 is 9.84 Å². The van der Waals surface area contributed by atoms with Crippen LogP contribution in [0.4, 0.5) is 5.69 Å². The highest BCUT2D eigenvalue weighted by Crippen LogP contribution is 2.22. The second-order valence-electron chi connectivity index (χ2n) is 7.17. The minimum Gasteiger partial charge on any atom is -0.345 e. The van der Waals surface area contributed by atoms with Crippen molar-refractivity contribution in [2.24, 2.45) is 0 Å². The summed E-state index contributed by atoms with van der Waals surface area (Å²) in [6, 6.07) is 13.7. The van der Waals surface area contributed by atoms with E-state index in [1.165, 1.54) is 6.92 Å². The van der Waals surface area contributed by atoms with E-state index in [2.05, 4.69) is 15.5 Å². The van der Waals surface area contributed by atoms with E-state index in [1.807, 2.05) is 44.2 Å². The molecule has 0 aliphatic carbocycles. The zero-order chi connectivity index (χ0) is 21.9. The quantitative estimate of drug-likeness (QED) is 0.620. The predicted octanol–water partition coefficient (Wildman–Crippen LogP) is 2.82. The van der Waals surface area contributed by atoms with E-state index in [0.717, 1.165) is 27.3 Å². The molecule has 1 heterocycles. The molecule has 0 aliphatic heterocycles. The van der Waals surface area contributed by atoms with Gasteiger partial charge in [0, 0.05) is 5.56 Å². The number of rotatable bonds is 7. The third kappa shape index (κ3) is 5.04. The fraction of sp³-hybridized carbons (Fsp3) is 0.286. The van der Waals surface area contributed by atoms with Crippen molar-refractivity contribution >= 4 is 21.6 Å². The maximum absolute atomic E-state index is 12.7. The molecule has 0 saturated carbocycles. The Hall–Kier alpha value is -3.20. The summed E-state index contributed by atoms with van der Waals surface area (Å²) in [5.74, 6) is 0.180. The molecule has 0 fully saturated rings. The molecule has 0 spiro atoms. The average Bonchev–Trinajstić information content (AvgIpc) is 3.14. The maximum Gasteiger partial charge on any atom is 0.246 e. The molecule has 1 aromatic heterocycles. The molecular weight excluding hydrogens is 404 g/mol. The number of aryl methyl sites for hydroxylation is 2. The van der Waals surface area contributed by atoms with Gasteiger partial charge in [-0.2, -0.15) is 4.98 Å². The minimum absolute atomic E-state index is 0.00654. The fourth-order valence-electron chi connectivity index (χ4n) is 3.11. The highest BCUT2D eigenvalue weighted by atomic mass is 32.2. The van der Waals surface area contributed by atoms with Crippen molar-refractivity contribution in [1.82, 2.24) is 15.5 Å². The molecule has 0 aliphatic rings. The molecule has 0 unspecified atom stereocenters. The Labute approximate surface area is 176 Å². The third-order valence-electron chi connectivity index (χ3n) is 4.50. The molecule has 158 valence electrons. The molecule has 9 heteroatoms. The molecule has 3 rings (SSSR count). The van der Waals surface area contributed by atoms with Crippen LogP contribution in [0.5, 0.6) is 0 Å². The standard InChI is InChI=1S/C21H24N4O4S/c1-14-7-5-9-17(11-14)20-23-19(29-24-20)13-22-21(26)16(3)25(30(4,27)28)18-10-6-8-15(2)12-18/h5-12,16H,13H2,1-4H3,(H,22,26)/t16-/m0/s1. The summed E-state index contributed by atoms with van der Waals surface area (Å²) in [5, 5.41) is 6.61. The summed E-state index contributed by atoms with van der Waals surface area (Å²) < 4.78 is 31.0. The topological polar surface area (TPSA) is 105 Å². The van der Waals surface area contributed by atoms with Crippen molar-refractivity contribution in [2.45, 2.75) is 33.4 Å². The largest absolute Gasteiger partial charge is 0.345 e. The van der Waals surface area contributed by atoms with Crippen LogP contribution in [-0.4, -0.2) is 36.8 Å². The van der Waals surface area contributed by atoms with Crippen LogP contribution < -0.4 is 9.62 Å². The second kappa shape index (κ2) is 8.66. The van der Waals surface area contributed by atoms with Gasteiger partial charge in [0.15, 0.2) is 0 Å². The lowest BCUT2D eigenvalue weighted by molar-refractivity contribution is -0.122. The maximum atomic E-state index is 12.7. The third-order valence-corrected chi connectivity index (χ3v) is 5.74. The number of nitrogens with zero attached hydrogens (tertiary/aromatic N) is 3. The van der Waals surface area contributed by atoms with Gasteiger partial charge >= 0.3 is 0 Å². The van der Waals surface area contributed by atoms with Crippen LogP contribution in [0.2, 0.25) is 0 Å². The Morgan fingerprint density at radius 1 is 1.13 bits per heavy atom. The molecule has 0 saturated heterocycles. The van der Waals surface area contributed by atoms with Gasteiger partial charge in [0.1, 0.15) is 6.04 Å². The molecule has 0 bridgehead atoms. The molecule has 1 N–H and O–H groups in total. The highest BCUT2D eigenvalue weighted by Gasteiger charge is 2.29. The van der Waals surface area contributed by atoms with Crippen molar-refractivity contribution < 1.29 is 17.7 Å². The Kier molecular flexibility index (Phi) is 6.21. The number of amides is 1. The lowest BCUT2D eigenvalue weighted by atomic mass is 10.1. The van der Waals surface area contributed by atoms with Crippen LogP contribution in [0.1, 0.15) is 23.9 Å². The Morgan fingerprint density at radius 3 is 2.43 bits per heavy atom. The van der Waals surface area contributed by atoms with Crippen molar-refractivity contribution in [2.75, 3.05) is 10.6 Å². The van der Waals surface area contributed by atoms with Crippen LogP contribution in [0.25, 0.3) is 11.4 Å². The number of aromatic nitrogens is 2. The molecule has 8 nitrogen and oxygen atoms in total. The van der Waals surface area contributed by atoms with E-state index in [1.54, 1.807) is 18.2 Å². The van der Waals surface area contributed by atoms with Crippen molar-refractivity contribution in [3.8, 4) is 11.4 Å². The van der Waals surface area contributed by atoms with Crippen LogP contribution in [0.3, 0.4) is 0 Å². The van der Waals surface area contributed by atoms with E-state index in [9.17, 15) is 13.2 Å². The molecule has 3 aromatic rings. The number of anilines is 1. The van der Waals surface area contributed by atoms with Gasteiger partial charge in [0.2, 0.25) is 27.6 Å². The lowest BCUT2D eigenvalue weighted by Gasteiger charge is -2.28. The summed E-state index contributed by atoms with van der Waals surface area (Å²) in [6.45, 7) is 5.35. The first-order valence-corrected chi connectivity index (χ1v) is 11.2. The van der Waals surface area contributed by atoms with Gasteiger partial charge in [-0.3, -0.25) is 9.10 Å². The molecule has 2 aromatic carbocycles. The second-order valence-corrected chi connectivity index (χ2v) is 9.03. The SMILES string of the molecule is Cc1cccc(-c2noc(CNC(=O)[C@H](C)N(c3cccc(C)c3)S(C)(=O)=O)n2)c1. The summed E-state index contributed by atoms with van der Waals surface area (Å²) in [5.41, 5.74) is 3.20. The van der Waals surface area contributed by atoms with E-state index in [4.69, 9.17) is 4.52 Å². The van der Waals surface area contributed by atoms with Gasteiger partial charge in [-0.15, -0.1) is 0 Å². The first kappa shape index (κ1) is 21.5. The van der Waals surface area contributed by atoms with Crippen LogP contribution in [-0.2, 0) is 21.4 Å². The molecule has 0 radical (unpaired) electrons.